The number of nitrogens with one attached hydrogen (secondary N) is 1. The van der Waals surface area contributed by atoms with Gasteiger partial charge in [-0.3, -0.25) is 4.79 Å². The number of hydrogen-bond donors (Lipinski definition) is 2. The summed E-state index contributed by atoms with van der Waals surface area (Å²) in [7, 11) is 2.15. The normalized spacial score (nSPS) is 32.4. The van der Waals surface area contributed by atoms with Crippen molar-refractivity contribution in [3.05, 3.63) is 0 Å². The number of carbonyl (C=O) groups is 1. The molecule has 3 atom stereocenters. The minimum Gasteiger partial charge on any atom is -0.356 e. The van der Waals surface area contributed by atoms with Crippen LogP contribution in [0.25, 0.3) is 0 Å². The molecule has 3 N–H and O–H groups in total. The molecule has 1 heterocycles. The van der Waals surface area contributed by atoms with Crippen LogP contribution in [0.4, 0.5) is 0 Å². The highest BCUT2D eigenvalue weighted by atomic mass is 16.1. The molecular weight excluding hydrogens is 238 g/mol. The molecule has 1 aliphatic heterocycles. The molecule has 0 spiro atoms. The van der Waals surface area contributed by atoms with E-state index in [0.29, 0.717) is 24.3 Å². The topological polar surface area (TPSA) is 58.4 Å². The Morgan fingerprint density at radius 3 is 2.84 bits per heavy atom. The van der Waals surface area contributed by atoms with Crippen molar-refractivity contribution in [3.63, 3.8) is 0 Å². The Kier molecular flexibility index (Phi) is 5.64. The van der Waals surface area contributed by atoms with Gasteiger partial charge in [-0.25, -0.2) is 0 Å². The van der Waals surface area contributed by atoms with Gasteiger partial charge < -0.3 is 16.0 Å². The second kappa shape index (κ2) is 7.25. The van der Waals surface area contributed by atoms with E-state index in [9.17, 15) is 4.79 Å². The maximum atomic E-state index is 11.8. The lowest BCUT2D eigenvalue weighted by molar-refractivity contribution is -0.121. The van der Waals surface area contributed by atoms with Crippen LogP contribution < -0.4 is 11.1 Å². The Bertz CT molecular complexity index is 295. The van der Waals surface area contributed by atoms with Crippen molar-refractivity contribution in [2.24, 2.45) is 17.6 Å². The molecule has 19 heavy (non-hydrogen) atoms. The van der Waals surface area contributed by atoms with Crippen molar-refractivity contribution in [3.8, 4) is 0 Å². The summed E-state index contributed by atoms with van der Waals surface area (Å²) >= 11 is 0. The van der Waals surface area contributed by atoms with Crippen LogP contribution in [-0.2, 0) is 4.79 Å². The van der Waals surface area contributed by atoms with E-state index in [4.69, 9.17) is 5.73 Å². The molecule has 2 aliphatic rings. The van der Waals surface area contributed by atoms with Gasteiger partial charge in [-0.2, -0.15) is 0 Å². The fraction of sp³-hybridized carbons (Fsp3) is 0.933. The van der Waals surface area contributed by atoms with Gasteiger partial charge in [0.2, 0.25) is 5.91 Å². The van der Waals surface area contributed by atoms with Gasteiger partial charge in [-0.05, 0) is 51.1 Å². The summed E-state index contributed by atoms with van der Waals surface area (Å²) in [5.74, 6) is 1.55. The molecule has 0 bridgehead atoms. The molecule has 4 nitrogen and oxygen atoms in total. The Morgan fingerprint density at radius 1 is 1.32 bits per heavy atom. The lowest BCUT2D eigenvalue weighted by Gasteiger charge is -2.26. The summed E-state index contributed by atoms with van der Waals surface area (Å²) < 4.78 is 0. The van der Waals surface area contributed by atoms with E-state index in [1.807, 2.05) is 0 Å². The van der Waals surface area contributed by atoms with Gasteiger partial charge in [0.1, 0.15) is 0 Å². The van der Waals surface area contributed by atoms with Crippen molar-refractivity contribution < 1.29 is 4.79 Å². The van der Waals surface area contributed by atoms with Gasteiger partial charge in [-0.15, -0.1) is 0 Å². The molecule has 0 aromatic rings. The highest BCUT2D eigenvalue weighted by Gasteiger charge is 2.21. The zero-order valence-corrected chi connectivity index (χ0v) is 12.2. The van der Waals surface area contributed by atoms with Crippen molar-refractivity contribution in [2.75, 3.05) is 26.7 Å². The average molecular weight is 267 g/mol. The van der Waals surface area contributed by atoms with Crippen molar-refractivity contribution in [2.45, 2.75) is 51.0 Å². The highest BCUT2D eigenvalue weighted by Crippen LogP contribution is 2.26. The van der Waals surface area contributed by atoms with Crippen LogP contribution >= 0.6 is 0 Å². The van der Waals surface area contributed by atoms with Crippen LogP contribution in [-0.4, -0.2) is 43.5 Å². The molecule has 1 saturated carbocycles. The fourth-order valence-electron chi connectivity index (χ4n) is 3.47. The predicted molar refractivity (Wildman–Crippen MR) is 77.8 cm³/mol. The minimum atomic E-state index is 0.230. The second-order valence-electron chi connectivity index (χ2n) is 6.55. The van der Waals surface area contributed by atoms with Gasteiger partial charge in [0.05, 0.1) is 0 Å². The molecule has 2 rings (SSSR count). The summed E-state index contributed by atoms with van der Waals surface area (Å²) in [6.07, 6.45) is 7.69. The summed E-state index contributed by atoms with van der Waals surface area (Å²) in [5, 5.41) is 3.10. The molecular formula is C15H29N3O. The van der Waals surface area contributed by atoms with Gasteiger partial charge in [0.25, 0.3) is 0 Å². The molecule has 4 heteroatoms. The van der Waals surface area contributed by atoms with E-state index in [1.165, 1.54) is 25.8 Å². The Balaban J connectivity index is 1.56. The van der Waals surface area contributed by atoms with Crippen LogP contribution in [0.15, 0.2) is 0 Å². The molecule has 0 aromatic heterocycles. The van der Waals surface area contributed by atoms with E-state index in [1.54, 1.807) is 0 Å². The van der Waals surface area contributed by atoms with Crippen molar-refractivity contribution in [1.29, 1.82) is 0 Å². The second-order valence-corrected chi connectivity index (χ2v) is 6.55. The molecule has 3 unspecified atom stereocenters. The molecule has 0 radical (unpaired) electrons. The first kappa shape index (κ1) is 14.8. The van der Waals surface area contributed by atoms with Crippen molar-refractivity contribution in [1.82, 2.24) is 10.2 Å². The third-order valence-corrected chi connectivity index (χ3v) is 4.68. The first-order valence-corrected chi connectivity index (χ1v) is 7.84. The molecule has 1 saturated heterocycles. The van der Waals surface area contributed by atoms with Gasteiger partial charge in [-0.1, -0.05) is 12.8 Å². The van der Waals surface area contributed by atoms with Gasteiger partial charge in [0.15, 0.2) is 0 Å². The smallest absolute Gasteiger partial charge is 0.220 e. The first-order valence-electron chi connectivity index (χ1n) is 7.84. The molecule has 1 aliphatic carbocycles. The van der Waals surface area contributed by atoms with Crippen LogP contribution in [0.3, 0.4) is 0 Å². The third-order valence-electron chi connectivity index (χ3n) is 4.68. The van der Waals surface area contributed by atoms with E-state index >= 15 is 0 Å². The number of nitrogens with two attached hydrogens (primary N) is 1. The summed E-state index contributed by atoms with van der Waals surface area (Å²) in [6, 6.07) is 0.371. The van der Waals surface area contributed by atoms with E-state index in [-0.39, 0.29) is 5.91 Å². The number of amides is 1. The fourth-order valence-corrected chi connectivity index (χ4v) is 3.47. The average Bonchev–Trinajstić information content (AvgIpc) is 2.80. The molecule has 1 amide bonds. The predicted octanol–water partition coefficient (Wildman–Crippen LogP) is 1.35. The van der Waals surface area contributed by atoms with Crippen LogP contribution in [0, 0.1) is 11.8 Å². The van der Waals surface area contributed by atoms with E-state index in [0.717, 1.165) is 32.4 Å². The monoisotopic (exact) mass is 267 g/mol. The van der Waals surface area contributed by atoms with Crippen LogP contribution in [0.1, 0.15) is 44.9 Å². The van der Waals surface area contributed by atoms with Crippen LogP contribution in [0.5, 0.6) is 0 Å². The maximum absolute atomic E-state index is 11.8. The number of rotatable bonds is 5. The number of nitrogens with zero attached hydrogens (tertiary/aromatic N) is 1. The Labute approximate surface area is 117 Å². The lowest BCUT2D eigenvalue weighted by atomic mass is 9.83. The summed E-state index contributed by atoms with van der Waals surface area (Å²) in [5.41, 5.74) is 5.98. The summed E-state index contributed by atoms with van der Waals surface area (Å²) in [4.78, 5) is 14.2. The zero-order chi connectivity index (χ0) is 13.7. The third kappa shape index (κ3) is 5.11. The van der Waals surface area contributed by atoms with Crippen molar-refractivity contribution >= 4 is 5.91 Å². The minimum absolute atomic E-state index is 0.230. The van der Waals surface area contributed by atoms with Gasteiger partial charge in [0, 0.05) is 25.6 Å². The Hall–Kier alpha value is -0.610. The zero-order valence-electron chi connectivity index (χ0n) is 12.2. The molecule has 110 valence electrons. The standard InChI is InChI=1S/C15H29N3O/c1-18-8-7-13(11-18)10-17-15(19)6-5-12-3-2-4-14(16)9-12/h12-14H,2-11,16H2,1H3,(H,17,19). The molecule has 2 fully saturated rings. The van der Waals surface area contributed by atoms with Crippen LogP contribution in [0.2, 0.25) is 0 Å². The summed E-state index contributed by atoms with van der Waals surface area (Å²) in [6.45, 7) is 3.14. The molecule has 0 aromatic carbocycles. The number of carbonyl (C=O) groups excluding carboxylic acids is 1. The number of hydrogen-bond acceptors (Lipinski definition) is 3. The first-order chi connectivity index (χ1) is 9.13. The number of likely N-dealkylation sites (tertiary alicyclic amines) is 1. The van der Waals surface area contributed by atoms with Gasteiger partial charge >= 0.3 is 0 Å². The highest BCUT2D eigenvalue weighted by molar-refractivity contribution is 5.75. The lowest BCUT2D eigenvalue weighted by Crippen LogP contribution is -2.32. The van der Waals surface area contributed by atoms with E-state index in [2.05, 4.69) is 17.3 Å². The Morgan fingerprint density at radius 2 is 2.16 bits per heavy atom. The SMILES string of the molecule is CN1CCC(CNC(=O)CCC2CCCC(N)C2)C1. The largest absolute Gasteiger partial charge is 0.356 e. The maximum Gasteiger partial charge on any atom is 0.220 e. The quantitative estimate of drug-likeness (QED) is 0.790. The van der Waals surface area contributed by atoms with E-state index < -0.39 is 0 Å².